The van der Waals surface area contributed by atoms with Crippen LogP contribution >= 0.6 is 0 Å². The Labute approximate surface area is 193 Å². The van der Waals surface area contributed by atoms with Gasteiger partial charge in [-0.05, 0) is 55.3 Å². The number of ether oxygens (including phenoxy) is 2. The maximum Gasteiger partial charge on any atom is 0.165 e. The van der Waals surface area contributed by atoms with Crippen LogP contribution in [0, 0.1) is 11.3 Å². The van der Waals surface area contributed by atoms with Crippen LogP contribution in [0.25, 0.3) is 0 Å². The third-order valence-corrected chi connectivity index (χ3v) is 6.67. The molecule has 1 fully saturated rings. The number of nitrogens with two attached hydrogens (primary N) is 1. The van der Waals surface area contributed by atoms with Crippen molar-refractivity contribution in [3.8, 4) is 11.5 Å². The van der Waals surface area contributed by atoms with Gasteiger partial charge >= 0.3 is 0 Å². The lowest BCUT2D eigenvalue weighted by atomic mass is 9.75. The summed E-state index contributed by atoms with van der Waals surface area (Å²) in [5.41, 5.74) is 9.30. The zero-order valence-corrected chi connectivity index (χ0v) is 20.3. The standard InChI is InChI=1S/C27H39N3O2/c1-27(2,3)21-15-18-30(19-16-21)24(22-12-9-13-23(31-4)25(22)32-5)26(28)29-17-14-20-10-7-6-8-11-20/h6-13,21,24H,14-19H2,1-5H3,(H2,28,29). The Morgan fingerprint density at radius 1 is 1.03 bits per heavy atom. The van der Waals surface area contributed by atoms with E-state index in [1.807, 2.05) is 18.2 Å². The van der Waals surface area contributed by atoms with E-state index < -0.39 is 0 Å². The van der Waals surface area contributed by atoms with Gasteiger partial charge in [-0.15, -0.1) is 0 Å². The first kappa shape index (κ1) is 24.1. The molecule has 5 nitrogen and oxygen atoms in total. The molecule has 0 amide bonds. The summed E-state index contributed by atoms with van der Waals surface area (Å²) < 4.78 is 11.3. The zero-order chi connectivity index (χ0) is 23.1. The summed E-state index contributed by atoms with van der Waals surface area (Å²) >= 11 is 0. The molecule has 1 aliphatic heterocycles. The van der Waals surface area contributed by atoms with Crippen LogP contribution in [0.1, 0.15) is 50.8 Å². The predicted molar refractivity (Wildman–Crippen MR) is 133 cm³/mol. The SMILES string of the molecule is COc1cccc(C(C(N)=NCCc2ccccc2)N2CCC(C(C)(C)C)CC2)c1OC. The molecular formula is C27H39N3O2. The molecule has 1 aliphatic rings. The van der Waals surface area contributed by atoms with Gasteiger partial charge < -0.3 is 15.2 Å². The van der Waals surface area contributed by atoms with Crippen LogP contribution in [-0.2, 0) is 6.42 Å². The second kappa shape index (κ2) is 10.9. The van der Waals surface area contributed by atoms with E-state index >= 15 is 0 Å². The molecule has 0 aliphatic carbocycles. The van der Waals surface area contributed by atoms with E-state index in [1.54, 1.807) is 14.2 Å². The summed E-state index contributed by atoms with van der Waals surface area (Å²) in [5.74, 6) is 2.81. The third kappa shape index (κ3) is 5.83. The summed E-state index contributed by atoms with van der Waals surface area (Å²) in [4.78, 5) is 7.29. The van der Waals surface area contributed by atoms with Crippen LogP contribution in [0.15, 0.2) is 53.5 Å². The van der Waals surface area contributed by atoms with Crippen LogP contribution in [0.2, 0.25) is 0 Å². The number of likely N-dealkylation sites (tertiary alicyclic amines) is 1. The van der Waals surface area contributed by atoms with Gasteiger partial charge in [0.15, 0.2) is 11.5 Å². The van der Waals surface area contributed by atoms with Gasteiger partial charge in [-0.25, -0.2) is 0 Å². The zero-order valence-electron chi connectivity index (χ0n) is 20.3. The van der Waals surface area contributed by atoms with Gasteiger partial charge in [0.05, 0.1) is 20.3 Å². The molecule has 1 unspecified atom stereocenters. The Morgan fingerprint density at radius 2 is 1.72 bits per heavy atom. The summed E-state index contributed by atoms with van der Waals surface area (Å²) in [7, 11) is 3.36. The molecular weight excluding hydrogens is 398 g/mol. The van der Waals surface area contributed by atoms with Crippen molar-refractivity contribution in [2.24, 2.45) is 22.1 Å². The molecule has 3 rings (SSSR count). The largest absolute Gasteiger partial charge is 0.493 e. The average molecular weight is 438 g/mol. The lowest BCUT2D eigenvalue weighted by Gasteiger charge is -2.42. The van der Waals surface area contributed by atoms with Gasteiger partial charge in [0.25, 0.3) is 0 Å². The van der Waals surface area contributed by atoms with Crippen LogP contribution in [0.5, 0.6) is 11.5 Å². The van der Waals surface area contributed by atoms with Crippen molar-refractivity contribution in [2.45, 2.75) is 46.1 Å². The Bertz CT molecular complexity index is 882. The maximum atomic E-state index is 6.69. The summed E-state index contributed by atoms with van der Waals surface area (Å²) in [6, 6.07) is 16.3. The Hall–Kier alpha value is -2.53. The molecule has 0 aromatic heterocycles. The maximum absolute atomic E-state index is 6.69. The number of benzene rings is 2. The fourth-order valence-electron chi connectivity index (χ4n) is 4.74. The number of piperidine rings is 1. The smallest absolute Gasteiger partial charge is 0.165 e. The number of nitrogens with zero attached hydrogens (tertiary/aromatic N) is 2. The minimum atomic E-state index is -0.128. The number of aliphatic imine (C=N–C) groups is 1. The molecule has 2 N–H and O–H groups in total. The highest BCUT2D eigenvalue weighted by Gasteiger charge is 2.34. The molecule has 1 heterocycles. The van der Waals surface area contributed by atoms with Crippen LogP contribution in [-0.4, -0.2) is 44.6 Å². The minimum absolute atomic E-state index is 0.128. The number of methoxy groups -OCH3 is 2. The fourth-order valence-corrected chi connectivity index (χ4v) is 4.74. The molecule has 0 saturated carbocycles. The number of hydrogen-bond acceptors (Lipinski definition) is 4. The molecule has 1 atom stereocenters. The van der Waals surface area contributed by atoms with E-state index in [9.17, 15) is 0 Å². The highest BCUT2D eigenvalue weighted by atomic mass is 16.5. The van der Waals surface area contributed by atoms with Gasteiger partial charge in [-0.2, -0.15) is 0 Å². The van der Waals surface area contributed by atoms with E-state index in [0.29, 0.717) is 23.7 Å². The van der Waals surface area contributed by atoms with E-state index in [0.717, 1.165) is 49.4 Å². The number of amidine groups is 1. The second-order valence-electron chi connectivity index (χ2n) is 9.70. The van der Waals surface area contributed by atoms with E-state index in [2.05, 4.69) is 56.0 Å². The number of hydrogen-bond donors (Lipinski definition) is 1. The molecule has 5 heteroatoms. The van der Waals surface area contributed by atoms with E-state index in [-0.39, 0.29) is 6.04 Å². The first-order valence-corrected chi connectivity index (χ1v) is 11.6. The molecule has 2 aromatic carbocycles. The van der Waals surface area contributed by atoms with Crippen LogP contribution in [0.3, 0.4) is 0 Å². The van der Waals surface area contributed by atoms with Gasteiger partial charge in [0.2, 0.25) is 0 Å². The Balaban J connectivity index is 1.87. The average Bonchev–Trinajstić information content (AvgIpc) is 2.79. The first-order chi connectivity index (χ1) is 15.3. The van der Waals surface area contributed by atoms with Gasteiger partial charge in [-0.3, -0.25) is 9.89 Å². The quantitative estimate of drug-likeness (QED) is 0.461. The van der Waals surface area contributed by atoms with Crippen LogP contribution < -0.4 is 15.2 Å². The predicted octanol–water partition coefficient (Wildman–Crippen LogP) is 5.10. The van der Waals surface area contributed by atoms with Crippen LogP contribution in [0.4, 0.5) is 0 Å². The van der Waals surface area contributed by atoms with Crippen molar-refractivity contribution >= 4 is 5.84 Å². The van der Waals surface area contributed by atoms with E-state index in [1.165, 1.54) is 5.56 Å². The molecule has 0 bridgehead atoms. The lowest BCUT2D eigenvalue weighted by molar-refractivity contribution is 0.0991. The molecule has 2 aromatic rings. The van der Waals surface area contributed by atoms with Crippen molar-refractivity contribution in [1.82, 2.24) is 4.90 Å². The molecule has 1 saturated heterocycles. The van der Waals surface area contributed by atoms with Crippen molar-refractivity contribution in [3.63, 3.8) is 0 Å². The lowest BCUT2D eigenvalue weighted by Crippen LogP contribution is -2.44. The fraction of sp³-hybridized carbons (Fsp3) is 0.519. The Kier molecular flexibility index (Phi) is 8.19. The normalized spacial score (nSPS) is 17.2. The summed E-state index contributed by atoms with van der Waals surface area (Å²) in [5, 5.41) is 0. The summed E-state index contributed by atoms with van der Waals surface area (Å²) in [6.45, 7) is 9.67. The highest BCUT2D eigenvalue weighted by molar-refractivity contribution is 5.88. The molecule has 0 spiro atoms. The van der Waals surface area contributed by atoms with Crippen molar-refractivity contribution in [2.75, 3.05) is 33.9 Å². The first-order valence-electron chi connectivity index (χ1n) is 11.6. The second-order valence-corrected chi connectivity index (χ2v) is 9.70. The molecule has 174 valence electrons. The van der Waals surface area contributed by atoms with Gasteiger partial charge in [-0.1, -0.05) is 63.2 Å². The van der Waals surface area contributed by atoms with Gasteiger partial charge in [0.1, 0.15) is 5.84 Å². The molecule has 0 radical (unpaired) electrons. The van der Waals surface area contributed by atoms with Crippen molar-refractivity contribution in [3.05, 3.63) is 59.7 Å². The van der Waals surface area contributed by atoms with Crippen molar-refractivity contribution in [1.29, 1.82) is 0 Å². The third-order valence-electron chi connectivity index (χ3n) is 6.67. The summed E-state index contributed by atoms with van der Waals surface area (Å²) in [6.07, 6.45) is 3.18. The van der Waals surface area contributed by atoms with Crippen molar-refractivity contribution < 1.29 is 9.47 Å². The molecule has 32 heavy (non-hydrogen) atoms. The monoisotopic (exact) mass is 437 g/mol. The minimum Gasteiger partial charge on any atom is -0.493 e. The number of rotatable bonds is 8. The Morgan fingerprint density at radius 3 is 2.31 bits per heavy atom. The van der Waals surface area contributed by atoms with E-state index in [4.69, 9.17) is 20.2 Å². The topological polar surface area (TPSA) is 60.1 Å². The number of para-hydroxylation sites is 1. The highest BCUT2D eigenvalue weighted by Crippen LogP contribution is 2.40. The van der Waals surface area contributed by atoms with Gasteiger partial charge in [0, 0.05) is 12.1 Å².